The zero-order chi connectivity index (χ0) is 8.97. The average Bonchev–Trinajstić information content (AvgIpc) is 2.09. The zero-order valence-corrected chi connectivity index (χ0v) is 11.3. The lowest BCUT2D eigenvalue weighted by Crippen LogP contribution is -2.08. The van der Waals surface area contributed by atoms with Crippen molar-refractivity contribution < 1.29 is 0 Å². The van der Waals surface area contributed by atoms with E-state index in [0.29, 0.717) is 0 Å². The minimum absolute atomic E-state index is 0.206. The van der Waals surface area contributed by atoms with Crippen molar-refractivity contribution in [2.24, 2.45) is 0 Å². The van der Waals surface area contributed by atoms with Crippen LogP contribution in [0.4, 0.5) is 0 Å². The molecule has 1 rings (SSSR count). The van der Waals surface area contributed by atoms with E-state index in [1.165, 1.54) is 13.7 Å². The summed E-state index contributed by atoms with van der Waals surface area (Å²) in [7, 11) is 0. The van der Waals surface area contributed by atoms with Crippen LogP contribution >= 0.6 is 28.8 Å². The van der Waals surface area contributed by atoms with Gasteiger partial charge in [-0.3, -0.25) is 12.9 Å². The van der Waals surface area contributed by atoms with Crippen molar-refractivity contribution >= 4 is 50.7 Å². The fraction of sp³-hybridized carbons (Fsp3) is 0.111. The molecule has 0 saturated heterocycles. The Kier molecular flexibility index (Phi) is 4.87. The first-order valence-corrected chi connectivity index (χ1v) is 9.12. The van der Waals surface area contributed by atoms with Crippen molar-refractivity contribution in [3.63, 3.8) is 0 Å². The molecule has 0 aliphatic carbocycles. The maximum atomic E-state index is 3.73. The largest absolute Gasteiger partial charge is 0.506 e. The van der Waals surface area contributed by atoms with Gasteiger partial charge in [0.1, 0.15) is 0 Å². The molecule has 0 nitrogen and oxygen atoms in total. The van der Waals surface area contributed by atoms with Crippen molar-refractivity contribution in [3.05, 3.63) is 40.9 Å². The first kappa shape index (κ1) is 10.8. The Bertz CT molecular complexity index is 284. The van der Waals surface area contributed by atoms with Gasteiger partial charge in [0.25, 0.3) is 0 Å². The van der Waals surface area contributed by atoms with E-state index in [2.05, 4.69) is 53.6 Å². The van der Waals surface area contributed by atoms with Crippen LogP contribution in [0, 0.1) is 0 Å². The van der Waals surface area contributed by atoms with Gasteiger partial charge in [-0.2, -0.15) is 3.69 Å². The maximum Gasteiger partial charge on any atom is 0.506 e. The van der Waals surface area contributed by atoms with Gasteiger partial charge < -0.3 is 0 Å². The predicted molar refractivity (Wildman–Crippen MR) is 62.4 cm³/mol. The van der Waals surface area contributed by atoms with Gasteiger partial charge in [0.15, 0.2) is 0 Å². The third-order valence-corrected chi connectivity index (χ3v) is 5.09. The molecule has 0 N–H and O–H groups in total. The molecule has 0 aliphatic rings. The molecule has 0 fully saturated rings. The van der Waals surface area contributed by atoms with Crippen LogP contribution in [0.5, 0.6) is 0 Å². The van der Waals surface area contributed by atoms with Crippen molar-refractivity contribution in [3.8, 4) is 0 Å². The van der Waals surface area contributed by atoms with Crippen LogP contribution < -0.4 is 3.69 Å². The third kappa shape index (κ3) is 2.87. The number of rotatable bonds is 3. The predicted octanol–water partition coefficient (Wildman–Crippen LogP) is 2.82. The van der Waals surface area contributed by atoms with Crippen LogP contribution in [0.25, 0.3) is 0 Å². The summed E-state index contributed by atoms with van der Waals surface area (Å²) < 4.78 is 2.62. The van der Waals surface area contributed by atoms with E-state index in [1.54, 1.807) is 0 Å². The van der Waals surface area contributed by atoms with Crippen molar-refractivity contribution in [2.75, 3.05) is 0 Å². The summed E-state index contributed by atoms with van der Waals surface area (Å²) in [5.74, 6) is 0. The molecule has 1 aromatic rings. The second-order valence-corrected chi connectivity index (χ2v) is 6.17. The molecule has 0 radical (unpaired) electrons. The lowest BCUT2D eigenvalue weighted by atomic mass is 10.1. The lowest BCUT2D eigenvalue weighted by Gasteiger charge is -2.03. The SMILES string of the molecule is C=CCc1c[c]([Mg][Br])ccc1Br. The fourth-order valence-electron chi connectivity index (χ4n) is 1.02. The van der Waals surface area contributed by atoms with Crippen LogP contribution in [0.3, 0.4) is 0 Å². The quantitative estimate of drug-likeness (QED) is 0.595. The highest BCUT2D eigenvalue weighted by molar-refractivity contribution is 9.23. The standard InChI is InChI=1S/C9H8Br.BrH.Mg/c1-2-5-8-6-3-4-7-9(8)10;;/h2,4,6-7H,1,5H2;1H;/q;;+1/p-1. The summed E-state index contributed by atoms with van der Waals surface area (Å²) in [5, 5.41) is 0. The van der Waals surface area contributed by atoms with Crippen LogP contribution in [0.15, 0.2) is 35.3 Å². The first-order valence-electron chi connectivity index (χ1n) is 3.72. The average molecular weight is 300 g/mol. The van der Waals surface area contributed by atoms with Gasteiger partial charge in [-0.1, -0.05) is 34.1 Å². The monoisotopic (exact) mass is 298 g/mol. The highest BCUT2D eigenvalue weighted by atomic mass is 79.9. The molecule has 0 heterocycles. The topological polar surface area (TPSA) is 0 Å². The molecule has 3 heteroatoms. The molecule has 0 aromatic heterocycles. The molecule has 0 amide bonds. The summed E-state index contributed by atoms with van der Waals surface area (Å²) >= 11 is 6.87. The number of hydrogen-bond donors (Lipinski definition) is 0. The summed E-state index contributed by atoms with van der Waals surface area (Å²) in [6, 6.07) is 6.52. The minimum Gasteiger partial charge on any atom is -0.296 e. The van der Waals surface area contributed by atoms with Gasteiger partial charge in [0.2, 0.25) is 0 Å². The molecule has 0 saturated carbocycles. The van der Waals surface area contributed by atoms with E-state index < -0.39 is 0 Å². The Balaban J connectivity index is 2.99. The van der Waals surface area contributed by atoms with Gasteiger partial charge in [-0.15, -0.1) is 6.58 Å². The molecule has 0 aliphatic heterocycles. The highest BCUT2D eigenvalue weighted by Crippen LogP contribution is 2.15. The number of allylic oxidation sites excluding steroid dienone is 1. The minimum atomic E-state index is -0.206. The van der Waals surface area contributed by atoms with Crippen LogP contribution in [0.2, 0.25) is 0 Å². The molecule has 0 atom stereocenters. The summed E-state index contributed by atoms with van der Waals surface area (Å²) in [6.07, 6.45) is 2.87. The Labute approximate surface area is 97.2 Å². The lowest BCUT2D eigenvalue weighted by molar-refractivity contribution is 1.26. The zero-order valence-electron chi connectivity index (χ0n) is 6.69. The summed E-state index contributed by atoms with van der Waals surface area (Å²) in [6.45, 7) is 3.73. The van der Waals surface area contributed by atoms with Gasteiger partial charge in [0, 0.05) is 4.47 Å². The van der Waals surface area contributed by atoms with Crippen LogP contribution in [0.1, 0.15) is 5.56 Å². The van der Waals surface area contributed by atoms with E-state index in [4.69, 9.17) is 0 Å². The molecule has 0 unspecified atom stereocenters. The van der Waals surface area contributed by atoms with Gasteiger partial charge in [0.05, 0.1) is 0 Å². The molecule has 60 valence electrons. The molecule has 1 aromatic carbocycles. The van der Waals surface area contributed by atoms with Crippen molar-refractivity contribution in [1.82, 2.24) is 0 Å². The second-order valence-electron chi connectivity index (χ2n) is 2.55. The van der Waals surface area contributed by atoms with Crippen molar-refractivity contribution in [2.45, 2.75) is 6.42 Å². The Morgan fingerprint density at radius 3 is 2.83 bits per heavy atom. The smallest absolute Gasteiger partial charge is 0.296 e. The van der Waals surface area contributed by atoms with E-state index in [0.717, 1.165) is 6.42 Å². The Morgan fingerprint density at radius 2 is 2.25 bits per heavy atom. The normalized spacial score (nSPS) is 9.17. The molecule has 0 bridgehead atoms. The molecular weight excluding hydrogens is 292 g/mol. The molecule has 12 heavy (non-hydrogen) atoms. The third-order valence-electron chi connectivity index (χ3n) is 1.63. The number of halogens is 2. The maximum absolute atomic E-state index is 3.73. The van der Waals surface area contributed by atoms with Crippen LogP contribution in [-0.2, 0) is 6.42 Å². The van der Waals surface area contributed by atoms with E-state index >= 15 is 0 Å². The Hall–Kier alpha value is 0.686. The van der Waals surface area contributed by atoms with Crippen molar-refractivity contribution in [1.29, 1.82) is 0 Å². The van der Waals surface area contributed by atoms with Gasteiger partial charge >= 0.3 is 18.2 Å². The van der Waals surface area contributed by atoms with Gasteiger partial charge in [-0.05, 0) is 18.1 Å². The van der Waals surface area contributed by atoms with E-state index in [1.807, 2.05) is 6.08 Å². The van der Waals surface area contributed by atoms with E-state index in [9.17, 15) is 0 Å². The number of hydrogen-bond acceptors (Lipinski definition) is 0. The Morgan fingerprint density at radius 1 is 1.50 bits per heavy atom. The molecular formula is C9H8Br2Mg. The highest BCUT2D eigenvalue weighted by Gasteiger charge is 2.00. The van der Waals surface area contributed by atoms with E-state index in [-0.39, 0.29) is 18.2 Å². The first-order chi connectivity index (χ1) is 5.77. The summed E-state index contributed by atoms with van der Waals surface area (Å²) in [5.41, 5.74) is 1.33. The van der Waals surface area contributed by atoms with Gasteiger partial charge in [-0.25, -0.2) is 0 Å². The number of benzene rings is 1. The molecule has 0 spiro atoms. The summed E-state index contributed by atoms with van der Waals surface area (Å²) in [4.78, 5) is 0. The fourth-order valence-corrected chi connectivity index (χ4v) is 3.01. The second kappa shape index (κ2) is 5.42. The van der Waals surface area contributed by atoms with Crippen LogP contribution in [-0.4, -0.2) is 18.2 Å².